The Labute approximate surface area is 97.6 Å². The van der Waals surface area contributed by atoms with Crippen LogP contribution in [0.3, 0.4) is 0 Å². The minimum absolute atomic E-state index is 0.277. The lowest BCUT2D eigenvalue weighted by molar-refractivity contribution is 0.584. The highest BCUT2D eigenvalue weighted by Crippen LogP contribution is 2.29. The van der Waals surface area contributed by atoms with Crippen LogP contribution in [-0.2, 0) is 0 Å². The third kappa shape index (κ3) is 2.30. The van der Waals surface area contributed by atoms with E-state index in [0.717, 1.165) is 25.3 Å². The van der Waals surface area contributed by atoms with Crippen LogP contribution in [0.2, 0.25) is 0 Å². The van der Waals surface area contributed by atoms with Crippen LogP contribution in [0.15, 0.2) is 18.3 Å². The van der Waals surface area contributed by atoms with Gasteiger partial charge < -0.3 is 4.90 Å². The number of anilines is 1. The van der Waals surface area contributed by atoms with E-state index in [9.17, 15) is 4.39 Å². The van der Waals surface area contributed by atoms with Crippen molar-refractivity contribution in [3.8, 4) is 0 Å². The monoisotopic (exact) mass is 272 g/mol. The van der Waals surface area contributed by atoms with E-state index in [-0.39, 0.29) is 5.82 Å². The van der Waals surface area contributed by atoms with Crippen molar-refractivity contribution in [1.29, 1.82) is 0 Å². The van der Waals surface area contributed by atoms with Crippen molar-refractivity contribution in [2.45, 2.75) is 18.2 Å². The number of hydrogen-bond acceptors (Lipinski definition) is 2. The largest absolute Gasteiger partial charge is 0.355 e. The van der Waals surface area contributed by atoms with Crippen molar-refractivity contribution < 1.29 is 4.39 Å². The summed E-state index contributed by atoms with van der Waals surface area (Å²) < 4.78 is 12.7. The molecule has 2 atom stereocenters. The van der Waals surface area contributed by atoms with Crippen LogP contribution < -0.4 is 4.90 Å². The van der Waals surface area contributed by atoms with Gasteiger partial charge in [-0.15, -0.1) is 0 Å². The number of alkyl halides is 1. The molecule has 0 amide bonds. The predicted molar refractivity (Wildman–Crippen MR) is 62.9 cm³/mol. The molecule has 0 saturated carbocycles. The lowest BCUT2D eigenvalue weighted by Crippen LogP contribution is -2.21. The van der Waals surface area contributed by atoms with Crippen molar-refractivity contribution in [1.82, 2.24) is 4.98 Å². The Balaban J connectivity index is 2.10. The second-order valence-electron chi connectivity index (χ2n) is 3.92. The Morgan fingerprint density at radius 3 is 2.87 bits per heavy atom. The number of pyridine rings is 1. The highest BCUT2D eigenvalue weighted by Gasteiger charge is 2.30. The fourth-order valence-corrected chi connectivity index (χ4v) is 2.85. The van der Waals surface area contributed by atoms with Crippen molar-refractivity contribution in [3.63, 3.8) is 0 Å². The Bertz CT molecular complexity index is 328. The lowest BCUT2D eigenvalue weighted by Gasteiger charge is -2.16. The van der Waals surface area contributed by atoms with Crippen molar-refractivity contribution >= 4 is 21.7 Å². The zero-order chi connectivity index (χ0) is 10.8. The summed E-state index contributed by atoms with van der Waals surface area (Å²) in [6.45, 7) is 4.16. The molecule has 1 aliphatic heterocycles. The molecule has 0 radical (unpaired) electrons. The van der Waals surface area contributed by atoms with Gasteiger partial charge in [0.15, 0.2) is 0 Å². The zero-order valence-electron chi connectivity index (χ0n) is 8.66. The van der Waals surface area contributed by atoms with Crippen LogP contribution in [0.25, 0.3) is 0 Å². The first kappa shape index (κ1) is 10.9. The summed E-state index contributed by atoms with van der Waals surface area (Å²) in [4.78, 5) is 6.82. The third-order valence-electron chi connectivity index (χ3n) is 2.92. The summed E-state index contributed by atoms with van der Waals surface area (Å²) in [6.07, 6.45) is 2.44. The van der Waals surface area contributed by atoms with Crippen LogP contribution in [0, 0.1) is 11.7 Å². The third-order valence-corrected chi connectivity index (χ3v) is 3.96. The molecule has 0 bridgehead atoms. The predicted octanol–water partition coefficient (Wildman–Crippen LogP) is 2.83. The van der Waals surface area contributed by atoms with Gasteiger partial charge in [0, 0.05) is 17.9 Å². The molecule has 15 heavy (non-hydrogen) atoms. The van der Waals surface area contributed by atoms with Gasteiger partial charge in [0.25, 0.3) is 0 Å². The van der Waals surface area contributed by atoms with Gasteiger partial charge in [-0.2, -0.15) is 0 Å². The Hall–Kier alpha value is -0.640. The minimum Gasteiger partial charge on any atom is -0.355 e. The van der Waals surface area contributed by atoms with Gasteiger partial charge in [-0.25, -0.2) is 9.37 Å². The molecule has 4 heteroatoms. The second-order valence-corrected chi connectivity index (χ2v) is 5.10. The normalized spacial score (nSPS) is 25.9. The van der Waals surface area contributed by atoms with E-state index in [0.29, 0.717) is 10.7 Å². The first-order valence-corrected chi connectivity index (χ1v) is 6.13. The van der Waals surface area contributed by atoms with E-state index >= 15 is 0 Å². The molecule has 82 valence electrons. The maximum absolute atomic E-state index is 12.7. The number of aromatic nitrogens is 1. The summed E-state index contributed by atoms with van der Waals surface area (Å²) in [7, 11) is 0. The molecule has 1 aromatic heterocycles. The van der Waals surface area contributed by atoms with Gasteiger partial charge >= 0.3 is 0 Å². The van der Waals surface area contributed by atoms with Gasteiger partial charge in [0.1, 0.15) is 11.6 Å². The maximum Gasteiger partial charge on any atom is 0.141 e. The van der Waals surface area contributed by atoms with E-state index in [1.54, 1.807) is 6.07 Å². The Morgan fingerprint density at radius 1 is 1.53 bits per heavy atom. The van der Waals surface area contributed by atoms with E-state index in [4.69, 9.17) is 0 Å². The molecule has 1 saturated heterocycles. The highest BCUT2D eigenvalue weighted by molar-refractivity contribution is 9.09. The molecule has 2 heterocycles. The average molecular weight is 273 g/mol. The van der Waals surface area contributed by atoms with Crippen LogP contribution in [-0.4, -0.2) is 22.9 Å². The van der Waals surface area contributed by atoms with E-state index in [2.05, 4.69) is 32.7 Å². The molecule has 2 unspecified atom stereocenters. The van der Waals surface area contributed by atoms with Gasteiger partial charge in [-0.05, 0) is 18.1 Å². The van der Waals surface area contributed by atoms with Crippen molar-refractivity contribution in [2.75, 3.05) is 18.0 Å². The summed E-state index contributed by atoms with van der Waals surface area (Å²) in [5, 5.41) is 0. The summed E-state index contributed by atoms with van der Waals surface area (Å²) in [5.74, 6) is 1.26. The number of halogens is 2. The van der Waals surface area contributed by atoms with Gasteiger partial charge in [0.2, 0.25) is 0 Å². The summed E-state index contributed by atoms with van der Waals surface area (Å²) >= 11 is 3.67. The highest BCUT2D eigenvalue weighted by atomic mass is 79.9. The first-order chi connectivity index (χ1) is 7.20. The fourth-order valence-electron chi connectivity index (χ4n) is 1.96. The minimum atomic E-state index is -0.277. The smallest absolute Gasteiger partial charge is 0.141 e. The van der Waals surface area contributed by atoms with Crippen LogP contribution in [0.4, 0.5) is 10.2 Å². The number of rotatable bonds is 2. The number of hydrogen-bond donors (Lipinski definition) is 0. The molecule has 1 aromatic rings. The van der Waals surface area contributed by atoms with Crippen LogP contribution >= 0.6 is 15.9 Å². The summed E-state index contributed by atoms with van der Waals surface area (Å²) in [5.41, 5.74) is 0. The molecule has 2 nitrogen and oxygen atoms in total. The Morgan fingerprint density at radius 2 is 2.33 bits per heavy atom. The fraction of sp³-hybridized carbons (Fsp3) is 0.545. The number of nitrogens with zero attached hydrogens (tertiary/aromatic N) is 2. The van der Waals surface area contributed by atoms with E-state index in [1.807, 2.05) is 0 Å². The zero-order valence-corrected chi connectivity index (χ0v) is 10.2. The molecule has 0 aromatic carbocycles. The molecule has 1 fully saturated rings. The maximum atomic E-state index is 12.7. The van der Waals surface area contributed by atoms with E-state index in [1.165, 1.54) is 12.3 Å². The van der Waals surface area contributed by atoms with Gasteiger partial charge in [-0.3, -0.25) is 0 Å². The van der Waals surface area contributed by atoms with Crippen molar-refractivity contribution in [2.24, 2.45) is 5.92 Å². The Kier molecular flexibility index (Phi) is 3.24. The van der Waals surface area contributed by atoms with Crippen molar-refractivity contribution in [3.05, 3.63) is 24.1 Å². The van der Waals surface area contributed by atoms with E-state index < -0.39 is 0 Å². The molecule has 0 aliphatic carbocycles. The molecule has 0 spiro atoms. The van der Waals surface area contributed by atoms with Crippen LogP contribution in [0.1, 0.15) is 13.3 Å². The topological polar surface area (TPSA) is 16.1 Å². The molecular weight excluding hydrogens is 259 g/mol. The molecular formula is C11H14BrFN2. The van der Waals surface area contributed by atoms with Gasteiger partial charge in [-0.1, -0.05) is 29.3 Å². The molecule has 0 N–H and O–H groups in total. The van der Waals surface area contributed by atoms with Gasteiger partial charge in [0.05, 0.1) is 6.20 Å². The molecule has 1 aliphatic rings. The SMILES string of the molecule is CCC1CN(c2ccc(F)cn2)CC1Br. The summed E-state index contributed by atoms with van der Waals surface area (Å²) in [6, 6.07) is 3.21. The average Bonchev–Trinajstić information content (AvgIpc) is 2.61. The quantitative estimate of drug-likeness (QED) is 0.770. The second kappa shape index (κ2) is 4.47. The van der Waals surface area contributed by atoms with Crippen LogP contribution in [0.5, 0.6) is 0 Å². The first-order valence-electron chi connectivity index (χ1n) is 5.21. The lowest BCUT2D eigenvalue weighted by atomic mass is 10.1. The molecule has 2 rings (SSSR count). The standard InChI is InChI=1S/C11H14BrFN2/c1-2-8-6-15(7-10(8)12)11-4-3-9(13)5-14-11/h3-5,8,10H,2,6-7H2,1H3.